The predicted molar refractivity (Wildman–Crippen MR) is 82.6 cm³/mol. The first-order valence-corrected chi connectivity index (χ1v) is 7.71. The molecule has 1 aromatic heterocycles. The summed E-state index contributed by atoms with van der Waals surface area (Å²) in [7, 11) is 0. The molecule has 6 heteroatoms. The Hall–Kier alpha value is -1.10. The molecule has 5 nitrogen and oxygen atoms in total. The van der Waals surface area contributed by atoms with E-state index in [0.717, 1.165) is 25.9 Å². The summed E-state index contributed by atoms with van der Waals surface area (Å²) in [5.41, 5.74) is 0. The number of rotatable bonds is 8. The molecule has 0 radical (unpaired) electrons. The summed E-state index contributed by atoms with van der Waals surface area (Å²) in [4.78, 5) is 14.7. The summed E-state index contributed by atoms with van der Waals surface area (Å²) < 4.78 is 5.51. The Kier molecular flexibility index (Phi) is 6.99. The molecular formula is C14H25ClN4O. The smallest absolute Gasteiger partial charge is 0.322 e. The molecule has 1 aromatic rings. The van der Waals surface area contributed by atoms with Gasteiger partial charge in [-0.05, 0) is 38.3 Å². The molecule has 0 saturated heterocycles. The minimum atomic E-state index is 0.00965. The quantitative estimate of drug-likeness (QED) is 0.734. The third-order valence-electron chi connectivity index (χ3n) is 3.21. The molecule has 1 heterocycles. The molecule has 0 bridgehead atoms. The van der Waals surface area contributed by atoms with Crippen LogP contribution in [0.25, 0.3) is 0 Å². The van der Waals surface area contributed by atoms with E-state index < -0.39 is 0 Å². The highest BCUT2D eigenvalue weighted by Crippen LogP contribution is 2.19. The third kappa shape index (κ3) is 5.12. The molecule has 0 atom stereocenters. The Balaban J connectivity index is 2.93. The first-order chi connectivity index (χ1) is 9.49. The maximum absolute atomic E-state index is 5.97. The highest BCUT2D eigenvalue weighted by atomic mass is 35.5. The van der Waals surface area contributed by atoms with Gasteiger partial charge in [-0.1, -0.05) is 26.7 Å². The molecular weight excluding hydrogens is 276 g/mol. The second-order valence-electron chi connectivity index (χ2n) is 5.07. The summed E-state index contributed by atoms with van der Waals surface area (Å²) >= 11 is 5.97. The van der Waals surface area contributed by atoms with Crippen LogP contribution in [0.5, 0.6) is 6.01 Å². The van der Waals surface area contributed by atoms with Crippen molar-refractivity contribution in [2.45, 2.75) is 53.6 Å². The van der Waals surface area contributed by atoms with Crippen LogP contribution in [0.15, 0.2) is 0 Å². The monoisotopic (exact) mass is 300 g/mol. The summed E-state index contributed by atoms with van der Waals surface area (Å²) in [6.07, 6.45) is 2.29. The summed E-state index contributed by atoms with van der Waals surface area (Å²) in [5.74, 6) is 1.22. The molecule has 0 aromatic carbocycles. The number of aromatic nitrogens is 3. The highest BCUT2D eigenvalue weighted by molar-refractivity contribution is 6.28. The fourth-order valence-electron chi connectivity index (χ4n) is 1.94. The van der Waals surface area contributed by atoms with Gasteiger partial charge in [0.05, 0.1) is 6.10 Å². The minimum Gasteiger partial charge on any atom is -0.461 e. The molecule has 0 amide bonds. The van der Waals surface area contributed by atoms with E-state index in [9.17, 15) is 0 Å². The van der Waals surface area contributed by atoms with Crippen molar-refractivity contribution in [3.63, 3.8) is 0 Å². The lowest BCUT2D eigenvalue weighted by atomic mass is 10.0. The average Bonchev–Trinajstić information content (AvgIpc) is 2.38. The van der Waals surface area contributed by atoms with Gasteiger partial charge in [0, 0.05) is 13.1 Å². The van der Waals surface area contributed by atoms with Crippen molar-refractivity contribution in [3.05, 3.63) is 5.28 Å². The minimum absolute atomic E-state index is 0.00965. The van der Waals surface area contributed by atoms with Gasteiger partial charge in [0.25, 0.3) is 0 Å². The van der Waals surface area contributed by atoms with Crippen molar-refractivity contribution in [3.8, 4) is 6.01 Å². The van der Waals surface area contributed by atoms with E-state index in [4.69, 9.17) is 16.3 Å². The molecule has 0 N–H and O–H groups in total. The van der Waals surface area contributed by atoms with Gasteiger partial charge >= 0.3 is 6.01 Å². The standard InChI is InChI=1S/C14H25ClN4O/c1-6-11(7-2)9-19(8-3)13-16-12(15)17-14(18-13)20-10(4)5/h10-11H,6-9H2,1-5H3. The fourth-order valence-corrected chi connectivity index (χ4v) is 2.09. The van der Waals surface area contributed by atoms with Crippen LogP contribution in [-0.4, -0.2) is 34.1 Å². The molecule has 0 fully saturated rings. The van der Waals surface area contributed by atoms with Crippen LogP contribution in [0.3, 0.4) is 0 Å². The van der Waals surface area contributed by atoms with Crippen LogP contribution < -0.4 is 9.64 Å². The van der Waals surface area contributed by atoms with E-state index in [-0.39, 0.29) is 17.4 Å². The van der Waals surface area contributed by atoms with Crippen LogP contribution in [0.1, 0.15) is 47.5 Å². The van der Waals surface area contributed by atoms with E-state index in [1.165, 1.54) is 0 Å². The number of nitrogens with zero attached hydrogens (tertiary/aromatic N) is 4. The van der Waals surface area contributed by atoms with E-state index >= 15 is 0 Å². The molecule has 0 saturated carbocycles. The Bertz CT molecular complexity index is 410. The first kappa shape index (κ1) is 17.0. The fraction of sp³-hybridized carbons (Fsp3) is 0.786. The number of hydrogen-bond donors (Lipinski definition) is 0. The van der Waals surface area contributed by atoms with Gasteiger partial charge in [0.2, 0.25) is 11.2 Å². The van der Waals surface area contributed by atoms with Crippen LogP contribution in [0.2, 0.25) is 5.28 Å². The van der Waals surface area contributed by atoms with Gasteiger partial charge in [-0.15, -0.1) is 0 Å². The van der Waals surface area contributed by atoms with Gasteiger partial charge in [0.15, 0.2) is 0 Å². The second-order valence-corrected chi connectivity index (χ2v) is 5.41. The maximum Gasteiger partial charge on any atom is 0.322 e. The second kappa shape index (κ2) is 8.25. The van der Waals surface area contributed by atoms with E-state index in [1.807, 2.05) is 13.8 Å². The Morgan fingerprint density at radius 2 is 1.75 bits per heavy atom. The van der Waals surface area contributed by atoms with Crippen molar-refractivity contribution in [2.75, 3.05) is 18.0 Å². The van der Waals surface area contributed by atoms with Crippen molar-refractivity contribution < 1.29 is 4.74 Å². The highest BCUT2D eigenvalue weighted by Gasteiger charge is 2.16. The summed E-state index contributed by atoms with van der Waals surface area (Å²) in [6.45, 7) is 12.1. The molecule has 0 unspecified atom stereocenters. The zero-order valence-corrected chi connectivity index (χ0v) is 13.8. The Morgan fingerprint density at radius 3 is 2.25 bits per heavy atom. The van der Waals surface area contributed by atoms with Gasteiger partial charge in [0.1, 0.15) is 0 Å². The normalized spacial score (nSPS) is 11.2. The predicted octanol–water partition coefficient (Wildman–Crippen LogP) is 3.57. The van der Waals surface area contributed by atoms with E-state index in [1.54, 1.807) is 0 Å². The van der Waals surface area contributed by atoms with Gasteiger partial charge in [-0.2, -0.15) is 15.0 Å². The van der Waals surface area contributed by atoms with Crippen molar-refractivity contribution in [1.82, 2.24) is 15.0 Å². The number of ether oxygens (including phenoxy) is 1. The van der Waals surface area contributed by atoms with Gasteiger partial charge in [-0.3, -0.25) is 0 Å². The van der Waals surface area contributed by atoms with Crippen LogP contribution in [-0.2, 0) is 0 Å². The summed E-state index contributed by atoms with van der Waals surface area (Å²) in [6, 6.07) is 0.290. The largest absolute Gasteiger partial charge is 0.461 e. The number of halogens is 1. The third-order valence-corrected chi connectivity index (χ3v) is 3.38. The van der Waals surface area contributed by atoms with Crippen LogP contribution in [0, 0.1) is 5.92 Å². The summed E-state index contributed by atoms with van der Waals surface area (Å²) in [5, 5.41) is 0.175. The SMILES string of the molecule is CCC(CC)CN(CC)c1nc(Cl)nc(OC(C)C)n1. The van der Waals surface area contributed by atoms with E-state index in [0.29, 0.717) is 11.9 Å². The van der Waals surface area contributed by atoms with Crippen molar-refractivity contribution in [2.24, 2.45) is 5.92 Å². The first-order valence-electron chi connectivity index (χ1n) is 7.33. The van der Waals surface area contributed by atoms with Crippen LogP contribution >= 0.6 is 11.6 Å². The zero-order valence-electron chi connectivity index (χ0n) is 13.1. The molecule has 114 valence electrons. The number of anilines is 1. The van der Waals surface area contributed by atoms with Gasteiger partial charge in [-0.25, -0.2) is 0 Å². The van der Waals surface area contributed by atoms with Crippen LogP contribution in [0.4, 0.5) is 5.95 Å². The molecule has 0 aliphatic carbocycles. The molecule has 0 aliphatic heterocycles. The van der Waals surface area contributed by atoms with E-state index in [2.05, 4.69) is 40.6 Å². The van der Waals surface area contributed by atoms with Crippen molar-refractivity contribution in [1.29, 1.82) is 0 Å². The Morgan fingerprint density at radius 1 is 1.10 bits per heavy atom. The maximum atomic E-state index is 5.97. The molecule has 20 heavy (non-hydrogen) atoms. The molecule has 0 spiro atoms. The van der Waals surface area contributed by atoms with Gasteiger partial charge < -0.3 is 9.64 Å². The van der Waals surface area contributed by atoms with Crippen molar-refractivity contribution >= 4 is 17.5 Å². The lowest BCUT2D eigenvalue weighted by Gasteiger charge is -2.25. The molecule has 1 rings (SSSR count). The zero-order chi connectivity index (χ0) is 15.1. The lowest BCUT2D eigenvalue weighted by Crippen LogP contribution is -2.31. The Labute approximate surface area is 126 Å². The average molecular weight is 301 g/mol. The molecule has 0 aliphatic rings. The number of hydrogen-bond acceptors (Lipinski definition) is 5. The topological polar surface area (TPSA) is 51.1 Å². The lowest BCUT2D eigenvalue weighted by molar-refractivity contribution is 0.221.